The number of anilines is 2. The number of benzene rings is 2. The van der Waals surface area contributed by atoms with Crippen LogP contribution in [0.4, 0.5) is 21.0 Å². The maximum atomic E-state index is 12.3. The Hall–Kier alpha value is -3.55. The first kappa shape index (κ1) is 20.7. The lowest BCUT2D eigenvalue weighted by atomic mass is 10.1. The van der Waals surface area contributed by atoms with Crippen LogP contribution in [0.3, 0.4) is 0 Å². The van der Waals surface area contributed by atoms with Crippen LogP contribution in [0.25, 0.3) is 0 Å². The molecule has 2 aliphatic rings. The molecule has 162 valence electrons. The smallest absolute Gasteiger partial charge is 0.321 e. The molecule has 0 saturated carbocycles. The third-order valence-corrected chi connectivity index (χ3v) is 5.63. The SMILES string of the molecule is O=C(NCC1CC(=O)N(CCc2ccccc2)C1)Nc1cccc(N2CCNC2=O)c1. The fourth-order valence-corrected chi connectivity index (χ4v) is 4.00. The number of likely N-dealkylation sites (tertiary alicyclic amines) is 1. The molecule has 3 N–H and O–H groups in total. The van der Waals surface area contributed by atoms with Crippen molar-refractivity contribution in [2.24, 2.45) is 5.92 Å². The van der Waals surface area contributed by atoms with Crippen LogP contribution in [0.1, 0.15) is 12.0 Å². The van der Waals surface area contributed by atoms with Crippen LogP contribution in [0.2, 0.25) is 0 Å². The quantitative estimate of drug-likeness (QED) is 0.641. The van der Waals surface area contributed by atoms with Crippen molar-refractivity contribution in [3.63, 3.8) is 0 Å². The van der Waals surface area contributed by atoms with Crippen molar-refractivity contribution in [3.8, 4) is 0 Å². The van der Waals surface area contributed by atoms with Gasteiger partial charge < -0.3 is 20.9 Å². The van der Waals surface area contributed by atoms with E-state index in [0.29, 0.717) is 44.8 Å². The molecule has 2 heterocycles. The van der Waals surface area contributed by atoms with E-state index in [1.54, 1.807) is 23.1 Å². The first-order valence-corrected chi connectivity index (χ1v) is 10.6. The van der Waals surface area contributed by atoms with E-state index in [9.17, 15) is 14.4 Å². The summed E-state index contributed by atoms with van der Waals surface area (Å²) in [5.41, 5.74) is 2.56. The minimum absolute atomic E-state index is 0.105. The van der Waals surface area contributed by atoms with Crippen molar-refractivity contribution in [1.82, 2.24) is 15.5 Å². The molecule has 1 atom stereocenters. The van der Waals surface area contributed by atoms with Gasteiger partial charge >= 0.3 is 12.1 Å². The van der Waals surface area contributed by atoms with Gasteiger partial charge in [-0.1, -0.05) is 36.4 Å². The Morgan fingerprint density at radius 3 is 2.71 bits per heavy atom. The van der Waals surface area contributed by atoms with Gasteiger partial charge in [0.2, 0.25) is 5.91 Å². The van der Waals surface area contributed by atoms with Gasteiger partial charge in [0.1, 0.15) is 0 Å². The summed E-state index contributed by atoms with van der Waals surface area (Å²) in [7, 11) is 0. The van der Waals surface area contributed by atoms with E-state index in [2.05, 4.69) is 28.1 Å². The van der Waals surface area contributed by atoms with Crippen LogP contribution in [0.15, 0.2) is 54.6 Å². The summed E-state index contributed by atoms with van der Waals surface area (Å²) in [6.45, 7) is 3.01. The molecule has 2 saturated heterocycles. The van der Waals surface area contributed by atoms with Gasteiger partial charge in [-0.05, 0) is 30.2 Å². The van der Waals surface area contributed by atoms with Crippen molar-refractivity contribution in [1.29, 1.82) is 0 Å². The molecule has 1 unspecified atom stereocenters. The summed E-state index contributed by atoms with van der Waals surface area (Å²) in [6, 6.07) is 16.8. The third-order valence-electron chi connectivity index (χ3n) is 5.63. The van der Waals surface area contributed by atoms with Crippen LogP contribution >= 0.6 is 0 Å². The predicted molar refractivity (Wildman–Crippen MR) is 119 cm³/mol. The third kappa shape index (κ3) is 5.33. The largest absolute Gasteiger partial charge is 0.342 e. The maximum Gasteiger partial charge on any atom is 0.321 e. The highest BCUT2D eigenvalue weighted by Gasteiger charge is 2.29. The zero-order chi connectivity index (χ0) is 21.6. The minimum Gasteiger partial charge on any atom is -0.342 e. The number of carbonyl (C=O) groups excluding carboxylic acids is 3. The van der Waals surface area contributed by atoms with E-state index in [4.69, 9.17) is 0 Å². The second-order valence-electron chi connectivity index (χ2n) is 7.91. The van der Waals surface area contributed by atoms with Crippen LogP contribution in [0.5, 0.6) is 0 Å². The zero-order valence-electron chi connectivity index (χ0n) is 17.3. The summed E-state index contributed by atoms with van der Waals surface area (Å²) in [5, 5.41) is 8.43. The van der Waals surface area contributed by atoms with Gasteiger partial charge in [-0.25, -0.2) is 9.59 Å². The predicted octanol–water partition coefficient (Wildman–Crippen LogP) is 2.43. The fraction of sp³-hybridized carbons (Fsp3) is 0.348. The van der Waals surface area contributed by atoms with Crippen molar-refractivity contribution in [2.45, 2.75) is 12.8 Å². The number of hydrogen-bond acceptors (Lipinski definition) is 3. The molecule has 8 nitrogen and oxygen atoms in total. The second kappa shape index (κ2) is 9.51. The molecule has 8 heteroatoms. The fourth-order valence-electron chi connectivity index (χ4n) is 4.00. The molecule has 2 aliphatic heterocycles. The Balaban J connectivity index is 1.23. The van der Waals surface area contributed by atoms with Crippen molar-refractivity contribution in [3.05, 3.63) is 60.2 Å². The van der Waals surface area contributed by atoms with Crippen molar-refractivity contribution >= 4 is 29.3 Å². The second-order valence-corrected chi connectivity index (χ2v) is 7.91. The van der Waals surface area contributed by atoms with Gasteiger partial charge in [0.25, 0.3) is 0 Å². The lowest BCUT2D eigenvalue weighted by Crippen LogP contribution is -2.34. The Morgan fingerprint density at radius 1 is 1.10 bits per heavy atom. The first-order valence-electron chi connectivity index (χ1n) is 10.6. The number of carbonyl (C=O) groups is 3. The first-order chi connectivity index (χ1) is 15.1. The van der Waals surface area contributed by atoms with Gasteiger partial charge in [0.15, 0.2) is 0 Å². The molecule has 2 fully saturated rings. The number of urea groups is 2. The molecule has 4 rings (SSSR count). The molecular weight excluding hydrogens is 394 g/mol. The van der Waals surface area contributed by atoms with E-state index in [1.807, 2.05) is 29.2 Å². The summed E-state index contributed by atoms with van der Waals surface area (Å²) in [5.74, 6) is 0.244. The molecule has 0 radical (unpaired) electrons. The maximum absolute atomic E-state index is 12.3. The highest BCUT2D eigenvalue weighted by atomic mass is 16.2. The van der Waals surface area contributed by atoms with E-state index >= 15 is 0 Å². The zero-order valence-corrected chi connectivity index (χ0v) is 17.3. The minimum atomic E-state index is -0.321. The standard InChI is InChI=1S/C23H27N5O3/c29-21-13-18(16-27(21)11-9-17-5-2-1-3-6-17)15-25-22(30)26-19-7-4-8-20(14-19)28-12-10-24-23(28)31/h1-8,14,18H,9-13,15-16H2,(H,24,31)(H2,25,26,30). The molecule has 2 aromatic rings. The number of rotatable bonds is 7. The number of hydrogen-bond donors (Lipinski definition) is 3. The van der Waals surface area contributed by atoms with Crippen LogP contribution in [0, 0.1) is 5.92 Å². The Kier molecular flexibility index (Phi) is 6.35. The normalized spacial score (nSPS) is 18.3. The molecule has 5 amide bonds. The van der Waals surface area contributed by atoms with Gasteiger partial charge in [-0.3, -0.25) is 9.69 Å². The average molecular weight is 422 g/mol. The summed E-state index contributed by atoms with van der Waals surface area (Å²) in [6.07, 6.45) is 1.28. The number of amides is 5. The molecule has 31 heavy (non-hydrogen) atoms. The molecule has 0 spiro atoms. The van der Waals surface area contributed by atoms with Gasteiger partial charge in [-0.2, -0.15) is 0 Å². The average Bonchev–Trinajstić information content (AvgIpc) is 3.36. The van der Waals surface area contributed by atoms with E-state index < -0.39 is 0 Å². The Labute approximate surface area is 181 Å². The molecule has 0 aliphatic carbocycles. The van der Waals surface area contributed by atoms with Crippen LogP contribution in [-0.2, 0) is 11.2 Å². The Bertz CT molecular complexity index is 949. The Morgan fingerprint density at radius 2 is 1.94 bits per heavy atom. The number of nitrogens with one attached hydrogen (secondary N) is 3. The highest BCUT2D eigenvalue weighted by Crippen LogP contribution is 2.21. The molecule has 2 aromatic carbocycles. The monoisotopic (exact) mass is 421 g/mol. The highest BCUT2D eigenvalue weighted by molar-refractivity contribution is 5.95. The van der Waals surface area contributed by atoms with E-state index in [0.717, 1.165) is 12.1 Å². The van der Waals surface area contributed by atoms with Crippen LogP contribution in [-0.4, -0.2) is 55.6 Å². The van der Waals surface area contributed by atoms with E-state index in [-0.39, 0.29) is 23.9 Å². The summed E-state index contributed by atoms with van der Waals surface area (Å²) in [4.78, 5) is 40.0. The van der Waals surface area contributed by atoms with Crippen molar-refractivity contribution in [2.75, 3.05) is 42.9 Å². The molecule has 0 bridgehead atoms. The van der Waals surface area contributed by atoms with E-state index in [1.165, 1.54) is 5.56 Å². The van der Waals surface area contributed by atoms with Gasteiger partial charge in [0, 0.05) is 56.4 Å². The lowest BCUT2D eigenvalue weighted by Gasteiger charge is -2.17. The summed E-state index contributed by atoms with van der Waals surface area (Å²) >= 11 is 0. The summed E-state index contributed by atoms with van der Waals surface area (Å²) < 4.78 is 0. The lowest BCUT2D eigenvalue weighted by molar-refractivity contribution is -0.127. The van der Waals surface area contributed by atoms with Gasteiger partial charge in [-0.15, -0.1) is 0 Å². The van der Waals surface area contributed by atoms with Crippen LogP contribution < -0.4 is 20.9 Å². The molecular formula is C23H27N5O3. The van der Waals surface area contributed by atoms with Gasteiger partial charge in [0.05, 0.1) is 0 Å². The topological polar surface area (TPSA) is 93.8 Å². The molecule has 0 aromatic heterocycles. The number of nitrogens with zero attached hydrogens (tertiary/aromatic N) is 2. The van der Waals surface area contributed by atoms with Crippen molar-refractivity contribution < 1.29 is 14.4 Å².